The highest BCUT2D eigenvalue weighted by atomic mass is 35.5. The van der Waals surface area contributed by atoms with Crippen molar-refractivity contribution in [2.45, 2.75) is 37.6 Å². The van der Waals surface area contributed by atoms with E-state index in [2.05, 4.69) is 10.0 Å². The Labute approximate surface area is 174 Å². The maximum atomic E-state index is 12.3. The van der Waals surface area contributed by atoms with Gasteiger partial charge in [-0.1, -0.05) is 23.7 Å². The molecule has 1 aliphatic rings. The molecule has 0 heterocycles. The minimum atomic E-state index is -3.69. The van der Waals surface area contributed by atoms with Crippen LogP contribution in [0, 0.1) is 13.8 Å². The molecule has 1 aliphatic carbocycles. The molecule has 0 aliphatic heterocycles. The lowest BCUT2D eigenvalue weighted by molar-refractivity contribution is -0.119. The molecule has 0 atom stereocenters. The highest BCUT2D eigenvalue weighted by Crippen LogP contribution is 2.27. The summed E-state index contributed by atoms with van der Waals surface area (Å²) in [5.41, 5.74) is 2.25. The predicted molar refractivity (Wildman–Crippen MR) is 110 cm³/mol. The van der Waals surface area contributed by atoms with Crippen LogP contribution in [0.15, 0.2) is 41.3 Å². The number of halogens is 1. The number of hydrogen-bond donors (Lipinski definition) is 2. The number of carbonyl (C=O) groups is 2. The highest BCUT2D eigenvalue weighted by Gasteiger charge is 2.28. The Morgan fingerprint density at radius 2 is 1.90 bits per heavy atom. The van der Waals surface area contributed by atoms with Crippen molar-refractivity contribution < 1.29 is 22.7 Å². The fourth-order valence-corrected chi connectivity index (χ4v) is 4.46. The normalized spacial score (nSPS) is 13.8. The van der Waals surface area contributed by atoms with Crippen LogP contribution in [0.4, 0.5) is 5.69 Å². The standard InChI is InChI=1S/C20H21ClN2O5S/c1-12-8-13(2)19(17(21)9-12)22-18(24)11-28-20(25)14-4-3-5-16(10-14)29(26,27)23-15-6-7-15/h3-5,8-10,15,23H,6-7,11H2,1-2H3,(H,22,24). The van der Waals surface area contributed by atoms with Crippen molar-refractivity contribution in [1.82, 2.24) is 4.72 Å². The molecule has 1 amide bonds. The predicted octanol–water partition coefficient (Wildman–Crippen LogP) is 3.19. The first-order valence-electron chi connectivity index (χ1n) is 9.02. The zero-order valence-corrected chi connectivity index (χ0v) is 17.6. The first kappa shape index (κ1) is 21.3. The van der Waals surface area contributed by atoms with Crippen LogP contribution in [-0.4, -0.2) is 32.9 Å². The maximum absolute atomic E-state index is 12.3. The van der Waals surface area contributed by atoms with Crippen molar-refractivity contribution in [3.63, 3.8) is 0 Å². The number of ether oxygens (including phenoxy) is 1. The molecule has 9 heteroatoms. The van der Waals surface area contributed by atoms with E-state index in [1.54, 1.807) is 6.07 Å². The summed E-state index contributed by atoms with van der Waals surface area (Å²) in [5, 5.41) is 3.01. The molecule has 3 rings (SSSR count). The highest BCUT2D eigenvalue weighted by molar-refractivity contribution is 7.89. The van der Waals surface area contributed by atoms with Gasteiger partial charge in [0, 0.05) is 6.04 Å². The number of esters is 1. The second-order valence-electron chi connectivity index (χ2n) is 6.99. The fourth-order valence-electron chi connectivity index (χ4n) is 2.74. The fraction of sp³-hybridized carbons (Fsp3) is 0.300. The molecule has 2 N–H and O–H groups in total. The summed E-state index contributed by atoms with van der Waals surface area (Å²) in [6.07, 6.45) is 1.61. The molecule has 29 heavy (non-hydrogen) atoms. The molecule has 0 saturated heterocycles. The summed E-state index contributed by atoms with van der Waals surface area (Å²) >= 11 is 6.15. The third kappa shape index (κ3) is 5.56. The Balaban J connectivity index is 1.62. The summed E-state index contributed by atoms with van der Waals surface area (Å²) in [4.78, 5) is 24.4. The first-order chi connectivity index (χ1) is 13.7. The quantitative estimate of drug-likeness (QED) is 0.649. The minimum absolute atomic E-state index is 0.0228. The Hall–Kier alpha value is -2.42. The molecule has 0 radical (unpaired) electrons. The van der Waals surface area contributed by atoms with E-state index >= 15 is 0 Å². The SMILES string of the molecule is Cc1cc(C)c(NC(=O)COC(=O)c2cccc(S(=O)(=O)NC3CC3)c2)c(Cl)c1. The van der Waals surface area contributed by atoms with Gasteiger partial charge in [0.2, 0.25) is 10.0 Å². The number of amides is 1. The molecule has 154 valence electrons. The van der Waals surface area contributed by atoms with Crippen molar-refractivity contribution in [3.8, 4) is 0 Å². The molecule has 0 spiro atoms. The molecule has 2 aromatic carbocycles. The van der Waals surface area contributed by atoms with E-state index in [-0.39, 0.29) is 16.5 Å². The van der Waals surface area contributed by atoms with Gasteiger partial charge in [0.25, 0.3) is 5.91 Å². The van der Waals surface area contributed by atoms with Gasteiger partial charge in [-0.25, -0.2) is 17.9 Å². The van der Waals surface area contributed by atoms with Crippen LogP contribution in [0.3, 0.4) is 0 Å². The van der Waals surface area contributed by atoms with Gasteiger partial charge in [-0.05, 0) is 62.1 Å². The van der Waals surface area contributed by atoms with E-state index in [1.165, 1.54) is 24.3 Å². The van der Waals surface area contributed by atoms with Crippen LogP contribution < -0.4 is 10.0 Å². The molecule has 2 aromatic rings. The van der Waals surface area contributed by atoms with Crippen LogP contribution in [0.1, 0.15) is 34.3 Å². The minimum Gasteiger partial charge on any atom is -0.452 e. The largest absolute Gasteiger partial charge is 0.452 e. The molecule has 0 aromatic heterocycles. The lowest BCUT2D eigenvalue weighted by Gasteiger charge is -2.12. The summed E-state index contributed by atoms with van der Waals surface area (Å²) in [6.45, 7) is 3.17. The smallest absolute Gasteiger partial charge is 0.338 e. The van der Waals surface area contributed by atoms with E-state index in [1.807, 2.05) is 19.9 Å². The van der Waals surface area contributed by atoms with Gasteiger partial charge in [-0.2, -0.15) is 0 Å². The van der Waals surface area contributed by atoms with Crippen molar-refractivity contribution in [1.29, 1.82) is 0 Å². The molecular weight excluding hydrogens is 416 g/mol. The van der Waals surface area contributed by atoms with Crippen LogP contribution in [0.2, 0.25) is 5.02 Å². The average Bonchev–Trinajstić information content (AvgIpc) is 3.46. The van der Waals surface area contributed by atoms with Gasteiger partial charge in [0.05, 0.1) is 21.2 Å². The van der Waals surface area contributed by atoms with E-state index in [9.17, 15) is 18.0 Å². The van der Waals surface area contributed by atoms with Crippen molar-refractivity contribution in [3.05, 3.63) is 58.1 Å². The number of benzene rings is 2. The molecule has 7 nitrogen and oxygen atoms in total. The molecule has 0 bridgehead atoms. The van der Waals surface area contributed by atoms with Gasteiger partial charge in [-0.15, -0.1) is 0 Å². The van der Waals surface area contributed by atoms with E-state index in [4.69, 9.17) is 16.3 Å². The van der Waals surface area contributed by atoms with Crippen LogP contribution in [-0.2, 0) is 19.6 Å². The van der Waals surface area contributed by atoms with Gasteiger partial charge in [-0.3, -0.25) is 4.79 Å². The van der Waals surface area contributed by atoms with Crippen LogP contribution in [0.5, 0.6) is 0 Å². The number of carbonyl (C=O) groups excluding carboxylic acids is 2. The Morgan fingerprint density at radius 1 is 1.17 bits per heavy atom. The second-order valence-corrected chi connectivity index (χ2v) is 9.11. The van der Waals surface area contributed by atoms with E-state index in [0.29, 0.717) is 10.7 Å². The summed E-state index contributed by atoms with van der Waals surface area (Å²) in [5.74, 6) is -1.35. The summed E-state index contributed by atoms with van der Waals surface area (Å²) < 4.78 is 32.1. The third-order valence-corrected chi connectivity index (χ3v) is 6.13. The number of nitrogens with one attached hydrogen (secondary N) is 2. The van der Waals surface area contributed by atoms with Crippen molar-refractivity contribution >= 4 is 39.2 Å². The van der Waals surface area contributed by atoms with Crippen molar-refractivity contribution in [2.75, 3.05) is 11.9 Å². The summed E-state index contributed by atoms with van der Waals surface area (Å²) in [6, 6.07) is 9.05. The van der Waals surface area contributed by atoms with E-state index in [0.717, 1.165) is 24.0 Å². The van der Waals surface area contributed by atoms with Crippen LogP contribution >= 0.6 is 11.6 Å². The zero-order chi connectivity index (χ0) is 21.2. The third-order valence-electron chi connectivity index (χ3n) is 4.31. The summed E-state index contributed by atoms with van der Waals surface area (Å²) in [7, 11) is -3.69. The number of hydrogen-bond acceptors (Lipinski definition) is 5. The van der Waals surface area contributed by atoms with Gasteiger partial charge >= 0.3 is 5.97 Å². The van der Waals surface area contributed by atoms with Crippen molar-refractivity contribution in [2.24, 2.45) is 0 Å². The molecule has 1 fully saturated rings. The lowest BCUT2D eigenvalue weighted by Crippen LogP contribution is -2.26. The first-order valence-corrected chi connectivity index (χ1v) is 10.9. The number of anilines is 1. The van der Waals surface area contributed by atoms with Gasteiger partial charge in [0.1, 0.15) is 0 Å². The molecule has 0 unspecified atom stereocenters. The molecular formula is C20H21ClN2O5S. The topological polar surface area (TPSA) is 102 Å². The number of aryl methyl sites for hydroxylation is 2. The second kappa shape index (κ2) is 8.52. The number of sulfonamides is 1. The van der Waals surface area contributed by atoms with E-state index < -0.39 is 28.5 Å². The molecule has 1 saturated carbocycles. The zero-order valence-electron chi connectivity index (χ0n) is 16.0. The Kier molecular flexibility index (Phi) is 6.26. The van der Waals surface area contributed by atoms with Gasteiger partial charge in [0.15, 0.2) is 6.61 Å². The lowest BCUT2D eigenvalue weighted by atomic mass is 10.1. The van der Waals surface area contributed by atoms with Crippen LogP contribution in [0.25, 0.3) is 0 Å². The Morgan fingerprint density at radius 3 is 2.55 bits per heavy atom. The monoisotopic (exact) mass is 436 g/mol. The average molecular weight is 437 g/mol. The maximum Gasteiger partial charge on any atom is 0.338 e. The number of rotatable bonds is 7. The Bertz CT molecular complexity index is 1040. The van der Waals surface area contributed by atoms with Gasteiger partial charge < -0.3 is 10.1 Å².